The minimum Gasteiger partial charge on any atom is -0.495 e. The Morgan fingerprint density at radius 2 is 1.89 bits per heavy atom. The smallest absolute Gasteiger partial charge is 0.169 e. The van der Waals surface area contributed by atoms with Crippen molar-refractivity contribution < 1.29 is 14.2 Å². The quantitative estimate of drug-likeness (QED) is 0.709. The maximum absolute atomic E-state index is 6.07. The summed E-state index contributed by atoms with van der Waals surface area (Å²) in [6.07, 6.45) is -0.205. The molecule has 0 saturated carbocycles. The van der Waals surface area contributed by atoms with Crippen molar-refractivity contribution in [2.45, 2.75) is 26.7 Å². The largest absolute Gasteiger partial charge is 0.495 e. The van der Waals surface area contributed by atoms with Gasteiger partial charge in [-0.15, -0.1) is 0 Å². The van der Waals surface area contributed by atoms with E-state index in [0.29, 0.717) is 37.1 Å². The van der Waals surface area contributed by atoms with Crippen molar-refractivity contribution in [3.05, 3.63) is 28.8 Å². The molecule has 1 aromatic rings. The van der Waals surface area contributed by atoms with Crippen molar-refractivity contribution in [2.75, 3.05) is 26.9 Å². The van der Waals surface area contributed by atoms with E-state index in [1.54, 1.807) is 7.11 Å². The van der Waals surface area contributed by atoms with E-state index in [1.807, 2.05) is 32.0 Å². The standard InChI is InChI=1S/C14H22ClNO3/c1-4-18-14(19-5-2)10-16-9-11-6-7-13(17-3)12(15)8-11/h6-8,14,16H,4-5,9-10H2,1-3H3. The average molecular weight is 288 g/mol. The molecule has 108 valence electrons. The zero-order valence-corrected chi connectivity index (χ0v) is 12.5. The van der Waals surface area contributed by atoms with Gasteiger partial charge in [-0.2, -0.15) is 0 Å². The van der Waals surface area contributed by atoms with E-state index < -0.39 is 0 Å². The van der Waals surface area contributed by atoms with Crippen molar-refractivity contribution in [3.8, 4) is 5.75 Å². The van der Waals surface area contributed by atoms with Gasteiger partial charge in [0.05, 0.1) is 12.1 Å². The predicted octanol–water partition coefficient (Wildman–Crippen LogP) is 2.84. The Bertz CT molecular complexity index is 368. The highest BCUT2D eigenvalue weighted by atomic mass is 35.5. The maximum atomic E-state index is 6.07. The number of nitrogens with one attached hydrogen (secondary N) is 1. The zero-order valence-electron chi connectivity index (χ0n) is 11.7. The Hall–Kier alpha value is -0.810. The molecule has 0 aliphatic carbocycles. The molecule has 4 nitrogen and oxygen atoms in total. The summed E-state index contributed by atoms with van der Waals surface area (Å²) in [7, 11) is 1.61. The van der Waals surface area contributed by atoms with Gasteiger partial charge >= 0.3 is 0 Å². The second-order valence-electron chi connectivity index (χ2n) is 3.94. The van der Waals surface area contributed by atoms with Crippen molar-refractivity contribution in [3.63, 3.8) is 0 Å². The van der Waals surface area contributed by atoms with Crippen LogP contribution in [0.5, 0.6) is 5.75 Å². The molecule has 0 bridgehead atoms. The predicted molar refractivity (Wildman–Crippen MR) is 76.8 cm³/mol. The fourth-order valence-electron chi connectivity index (χ4n) is 1.69. The van der Waals surface area contributed by atoms with Gasteiger partial charge in [0.25, 0.3) is 0 Å². The van der Waals surface area contributed by atoms with Crippen LogP contribution < -0.4 is 10.1 Å². The van der Waals surface area contributed by atoms with Crippen LogP contribution in [0.15, 0.2) is 18.2 Å². The second-order valence-corrected chi connectivity index (χ2v) is 4.35. The van der Waals surface area contributed by atoms with Crippen LogP contribution in [0, 0.1) is 0 Å². The molecule has 0 spiro atoms. The monoisotopic (exact) mass is 287 g/mol. The summed E-state index contributed by atoms with van der Waals surface area (Å²) >= 11 is 6.07. The van der Waals surface area contributed by atoms with Gasteiger partial charge in [0.2, 0.25) is 0 Å². The number of rotatable bonds is 9. The van der Waals surface area contributed by atoms with E-state index in [9.17, 15) is 0 Å². The first-order valence-corrected chi connectivity index (χ1v) is 6.85. The van der Waals surface area contributed by atoms with Crippen LogP contribution in [0.1, 0.15) is 19.4 Å². The van der Waals surface area contributed by atoms with Crippen molar-refractivity contribution in [1.29, 1.82) is 0 Å². The molecule has 0 aliphatic heterocycles. The van der Waals surface area contributed by atoms with Crippen molar-refractivity contribution >= 4 is 11.6 Å². The normalized spacial score (nSPS) is 11.0. The Labute approximate surface area is 120 Å². The number of ether oxygens (including phenoxy) is 3. The van der Waals surface area contributed by atoms with Gasteiger partial charge in [-0.05, 0) is 31.5 Å². The molecule has 1 rings (SSSR count). The summed E-state index contributed by atoms with van der Waals surface area (Å²) < 4.78 is 16.0. The molecule has 0 heterocycles. The van der Waals surface area contributed by atoms with E-state index in [-0.39, 0.29) is 6.29 Å². The van der Waals surface area contributed by atoms with Gasteiger partial charge < -0.3 is 19.5 Å². The Balaban J connectivity index is 2.41. The van der Waals surface area contributed by atoms with Gasteiger partial charge in [-0.3, -0.25) is 0 Å². The molecule has 0 radical (unpaired) electrons. The molecule has 0 unspecified atom stereocenters. The average Bonchev–Trinajstić information content (AvgIpc) is 2.39. The van der Waals surface area contributed by atoms with Crippen LogP contribution in [0.3, 0.4) is 0 Å². The van der Waals surface area contributed by atoms with E-state index >= 15 is 0 Å². The number of halogens is 1. The molecule has 0 amide bonds. The van der Waals surface area contributed by atoms with Crippen LogP contribution in [0.2, 0.25) is 5.02 Å². The van der Waals surface area contributed by atoms with Crippen LogP contribution in [-0.4, -0.2) is 33.2 Å². The van der Waals surface area contributed by atoms with E-state index in [2.05, 4.69) is 5.32 Å². The summed E-state index contributed by atoms with van der Waals surface area (Å²) in [5.41, 5.74) is 1.09. The lowest BCUT2D eigenvalue weighted by Gasteiger charge is -2.17. The number of hydrogen-bond donors (Lipinski definition) is 1. The third-order valence-corrected chi connectivity index (χ3v) is 2.86. The lowest BCUT2D eigenvalue weighted by molar-refractivity contribution is -0.133. The Kier molecular flexibility index (Phi) is 7.82. The van der Waals surface area contributed by atoms with Gasteiger partial charge in [0.1, 0.15) is 5.75 Å². The zero-order chi connectivity index (χ0) is 14.1. The van der Waals surface area contributed by atoms with Gasteiger partial charge in [-0.25, -0.2) is 0 Å². The summed E-state index contributed by atoms with van der Waals surface area (Å²) in [5, 5.41) is 3.91. The van der Waals surface area contributed by atoms with Gasteiger partial charge in [0, 0.05) is 26.3 Å². The highest BCUT2D eigenvalue weighted by Crippen LogP contribution is 2.24. The maximum Gasteiger partial charge on any atom is 0.169 e. The Morgan fingerprint density at radius 3 is 2.42 bits per heavy atom. The lowest BCUT2D eigenvalue weighted by atomic mass is 10.2. The van der Waals surface area contributed by atoms with Crippen LogP contribution in [-0.2, 0) is 16.0 Å². The summed E-state index contributed by atoms with van der Waals surface area (Å²) in [6.45, 7) is 6.54. The van der Waals surface area contributed by atoms with Gasteiger partial charge in [-0.1, -0.05) is 17.7 Å². The first-order chi connectivity index (χ1) is 9.21. The van der Waals surface area contributed by atoms with Gasteiger partial charge in [0.15, 0.2) is 6.29 Å². The van der Waals surface area contributed by atoms with E-state index in [4.69, 9.17) is 25.8 Å². The molecule has 5 heteroatoms. The molecule has 1 N–H and O–H groups in total. The van der Waals surface area contributed by atoms with Crippen LogP contribution >= 0.6 is 11.6 Å². The lowest BCUT2D eigenvalue weighted by Crippen LogP contribution is -2.31. The van der Waals surface area contributed by atoms with Crippen LogP contribution in [0.4, 0.5) is 0 Å². The fourth-order valence-corrected chi connectivity index (χ4v) is 1.97. The number of hydrogen-bond acceptors (Lipinski definition) is 4. The molecule has 19 heavy (non-hydrogen) atoms. The second kappa shape index (κ2) is 9.15. The highest BCUT2D eigenvalue weighted by Gasteiger charge is 2.07. The molecule has 1 aromatic carbocycles. The molecule has 0 aliphatic rings. The van der Waals surface area contributed by atoms with Crippen molar-refractivity contribution in [2.24, 2.45) is 0 Å². The third-order valence-electron chi connectivity index (χ3n) is 2.56. The van der Waals surface area contributed by atoms with Crippen LogP contribution in [0.25, 0.3) is 0 Å². The number of methoxy groups -OCH3 is 1. The minimum atomic E-state index is -0.205. The number of benzene rings is 1. The summed E-state index contributed by atoms with van der Waals surface area (Å²) in [4.78, 5) is 0. The first-order valence-electron chi connectivity index (χ1n) is 6.47. The first kappa shape index (κ1) is 16.2. The van der Waals surface area contributed by atoms with E-state index in [0.717, 1.165) is 5.56 Å². The molecule has 0 fully saturated rings. The summed E-state index contributed by atoms with van der Waals surface area (Å²) in [6, 6.07) is 5.74. The topological polar surface area (TPSA) is 39.7 Å². The summed E-state index contributed by atoms with van der Waals surface area (Å²) in [5.74, 6) is 0.687. The third kappa shape index (κ3) is 5.78. The van der Waals surface area contributed by atoms with Crippen molar-refractivity contribution in [1.82, 2.24) is 5.32 Å². The molecule has 0 atom stereocenters. The van der Waals surface area contributed by atoms with E-state index in [1.165, 1.54) is 0 Å². The fraction of sp³-hybridized carbons (Fsp3) is 0.571. The molecule has 0 saturated heterocycles. The highest BCUT2D eigenvalue weighted by molar-refractivity contribution is 6.32. The molecular formula is C14H22ClNO3. The molecular weight excluding hydrogens is 266 g/mol. The molecule has 0 aromatic heterocycles. The SMILES string of the molecule is CCOC(CNCc1ccc(OC)c(Cl)c1)OCC. The Morgan fingerprint density at radius 1 is 1.21 bits per heavy atom. The minimum absolute atomic E-state index is 0.205.